The van der Waals surface area contributed by atoms with Crippen LogP contribution >= 0.6 is 11.6 Å². The van der Waals surface area contributed by atoms with E-state index >= 15 is 0 Å². The van der Waals surface area contributed by atoms with E-state index in [1.165, 1.54) is 0 Å². The van der Waals surface area contributed by atoms with E-state index in [9.17, 15) is 0 Å². The Kier molecular flexibility index (Phi) is 3.25. The van der Waals surface area contributed by atoms with E-state index in [0.717, 1.165) is 35.5 Å². The van der Waals surface area contributed by atoms with E-state index in [1.807, 2.05) is 25.1 Å². The third kappa shape index (κ3) is 2.09. The highest BCUT2D eigenvalue weighted by atomic mass is 35.5. The van der Waals surface area contributed by atoms with Gasteiger partial charge in [-0.3, -0.25) is 0 Å². The molecule has 4 heteroatoms. The Labute approximate surface area is 99.9 Å². The Morgan fingerprint density at radius 2 is 2.06 bits per heavy atom. The first-order chi connectivity index (χ1) is 7.74. The van der Waals surface area contributed by atoms with Gasteiger partial charge in [0.15, 0.2) is 0 Å². The van der Waals surface area contributed by atoms with Gasteiger partial charge in [0.05, 0.1) is 5.52 Å². The number of nitrogens with one attached hydrogen (secondary N) is 1. The van der Waals surface area contributed by atoms with Gasteiger partial charge in [0.1, 0.15) is 11.6 Å². The molecule has 0 saturated heterocycles. The average molecular weight is 236 g/mol. The van der Waals surface area contributed by atoms with Crippen LogP contribution in [-0.2, 0) is 6.42 Å². The van der Waals surface area contributed by atoms with Crippen molar-refractivity contribution in [3.8, 4) is 0 Å². The van der Waals surface area contributed by atoms with Crippen LogP contribution in [0, 0.1) is 0 Å². The second kappa shape index (κ2) is 4.66. The molecule has 0 radical (unpaired) electrons. The third-order valence-electron chi connectivity index (χ3n) is 2.37. The molecule has 0 fully saturated rings. The fraction of sp³-hybridized carbons (Fsp3) is 0.333. The highest BCUT2D eigenvalue weighted by molar-refractivity contribution is 6.31. The minimum atomic E-state index is 0.704. The van der Waals surface area contributed by atoms with Crippen molar-refractivity contribution in [3.05, 3.63) is 29.0 Å². The zero-order valence-electron chi connectivity index (χ0n) is 9.42. The van der Waals surface area contributed by atoms with Crippen molar-refractivity contribution < 1.29 is 0 Å². The van der Waals surface area contributed by atoms with Gasteiger partial charge in [-0.15, -0.1) is 0 Å². The van der Waals surface area contributed by atoms with Gasteiger partial charge in [-0.25, -0.2) is 9.97 Å². The first kappa shape index (κ1) is 11.1. The summed E-state index contributed by atoms with van der Waals surface area (Å²) in [6, 6.07) is 5.69. The van der Waals surface area contributed by atoms with Crippen LogP contribution < -0.4 is 5.32 Å². The summed E-state index contributed by atoms with van der Waals surface area (Å²) in [6.45, 7) is 4.94. The Morgan fingerprint density at radius 1 is 1.25 bits per heavy atom. The van der Waals surface area contributed by atoms with Crippen LogP contribution in [0.25, 0.3) is 10.9 Å². The summed E-state index contributed by atoms with van der Waals surface area (Å²) in [7, 11) is 0. The average Bonchev–Trinajstić information content (AvgIpc) is 2.28. The molecule has 0 spiro atoms. The number of anilines is 1. The van der Waals surface area contributed by atoms with Gasteiger partial charge >= 0.3 is 0 Å². The Bertz CT molecular complexity index is 511. The van der Waals surface area contributed by atoms with Crippen LogP contribution in [0.15, 0.2) is 18.2 Å². The van der Waals surface area contributed by atoms with Crippen molar-refractivity contribution >= 4 is 28.3 Å². The molecule has 1 aromatic heterocycles. The lowest BCUT2D eigenvalue weighted by molar-refractivity contribution is 0.957. The van der Waals surface area contributed by atoms with Gasteiger partial charge in [0.2, 0.25) is 0 Å². The lowest BCUT2D eigenvalue weighted by atomic mass is 10.2. The Morgan fingerprint density at radius 3 is 2.75 bits per heavy atom. The fourth-order valence-electron chi connectivity index (χ4n) is 1.61. The van der Waals surface area contributed by atoms with Crippen LogP contribution in [0.1, 0.15) is 19.7 Å². The topological polar surface area (TPSA) is 37.8 Å². The number of fused-ring (bicyclic) bond motifs is 1. The summed E-state index contributed by atoms with van der Waals surface area (Å²) in [4.78, 5) is 8.94. The number of hydrogen-bond acceptors (Lipinski definition) is 3. The largest absolute Gasteiger partial charge is 0.370 e. The smallest absolute Gasteiger partial charge is 0.137 e. The van der Waals surface area contributed by atoms with Gasteiger partial charge in [-0.1, -0.05) is 18.5 Å². The predicted molar refractivity (Wildman–Crippen MR) is 68.1 cm³/mol. The number of aryl methyl sites for hydroxylation is 1. The van der Waals surface area contributed by atoms with E-state index in [2.05, 4.69) is 22.2 Å². The van der Waals surface area contributed by atoms with Crippen LogP contribution in [0.4, 0.5) is 5.82 Å². The van der Waals surface area contributed by atoms with Crippen molar-refractivity contribution in [3.63, 3.8) is 0 Å². The molecule has 0 unspecified atom stereocenters. The van der Waals surface area contributed by atoms with Crippen molar-refractivity contribution in [2.45, 2.75) is 20.3 Å². The number of nitrogens with zero attached hydrogens (tertiary/aromatic N) is 2. The molecule has 0 aliphatic heterocycles. The standard InChI is InChI=1S/C12H14ClN3/c1-3-11-15-10-7-8(13)5-6-9(10)12(16-11)14-4-2/h5-7H,3-4H2,1-2H3,(H,14,15,16). The number of benzene rings is 1. The molecule has 16 heavy (non-hydrogen) atoms. The van der Waals surface area contributed by atoms with Crippen LogP contribution in [0.2, 0.25) is 5.02 Å². The molecule has 0 atom stereocenters. The molecule has 0 aliphatic carbocycles. The van der Waals surface area contributed by atoms with E-state index in [-0.39, 0.29) is 0 Å². The van der Waals surface area contributed by atoms with Crippen LogP contribution in [0.5, 0.6) is 0 Å². The summed E-state index contributed by atoms with van der Waals surface area (Å²) >= 11 is 5.96. The predicted octanol–water partition coefficient (Wildman–Crippen LogP) is 3.28. The van der Waals surface area contributed by atoms with Crippen molar-refractivity contribution in [1.82, 2.24) is 9.97 Å². The maximum atomic E-state index is 5.96. The minimum Gasteiger partial charge on any atom is -0.370 e. The monoisotopic (exact) mass is 235 g/mol. The lowest BCUT2D eigenvalue weighted by Crippen LogP contribution is -2.04. The molecule has 84 valence electrons. The maximum Gasteiger partial charge on any atom is 0.137 e. The van der Waals surface area contributed by atoms with Crippen molar-refractivity contribution in [2.75, 3.05) is 11.9 Å². The van der Waals surface area contributed by atoms with Gasteiger partial charge in [-0.2, -0.15) is 0 Å². The van der Waals surface area contributed by atoms with Crippen LogP contribution in [0.3, 0.4) is 0 Å². The summed E-state index contributed by atoms with van der Waals surface area (Å²) in [6.07, 6.45) is 0.820. The molecule has 0 aliphatic rings. The number of rotatable bonds is 3. The van der Waals surface area contributed by atoms with E-state index in [1.54, 1.807) is 0 Å². The molecule has 0 amide bonds. The molecular weight excluding hydrogens is 222 g/mol. The zero-order chi connectivity index (χ0) is 11.5. The third-order valence-corrected chi connectivity index (χ3v) is 2.60. The first-order valence-corrected chi connectivity index (χ1v) is 5.82. The molecule has 0 bridgehead atoms. The van der Waals surface area contributed by atoms with E-state index < -0.39 is 0 Å². The molecule has 1 heterocycles. The second-order valence-corrected chi connectivity index (χ2v) is 3.97. The lowest BCUT2D eigenvalue weighted by Gasteiger charge is -2.08. The molecule has 1 N–H and O–H groups in total. The van der Waals surface area contributed by atoms with Gasteiger partial charge < -0.3 is 5.32 Å². The number of aromatic nitrogens is 2. The molecule has 3 nitrogen and oxygen atoms in total. The van der Waals surface area contributed by atoms with E-state index in [4.69, 9.17) is 11.6 Å². The summed E-state index contributed by atoms with van der Waals surface area (Å²) in [5, 5.41) is 4.97. The highest BCUT2D eigenvalue weighted by Gasteiger charge is 2.06. The number of hydrogen-bond donors (Lipinski definition) is 1. The molecule has 2 rings (SSSR count). The zero-order valence-corrected chi connectivity index (χ0v) is 10.2. The second-order valence-electron chi connectivity index (χ2n) is 3.53. The minimum absolute atomic E-state index is 0.704. The fourth-order valence-corrected chi connectivity index (χ4v) is 1.78. The molecular formula is C12H14ClN3. The molecule has 0 saturated carbocycles. The van der Waals surface area contributed by atoms with Crippen molar-refractivity contribution in [1.29, 1.82) is 0 Å². The summed E-state index contributed by atoms with van der Waals surface area (Å²) in [5.74, 6) is 1.73. The van der Waals surface area contributed by atoms with Gasteiger partial charge in [0, 0.05) is 23.4 Å². The summed E-state index contributed by atoms with van der Waals surface area (Å²) < 4.78 is 0. The Balaban J connectivity index is 2.66. The first-order valence-electron chi connectivity index (χ1n) is 5.44. The van der Waals surface area contributed by atoms with Crippen molar-refractivity contribution in [2.24, 2.45) is 0 Å². The van der Waals surface area contributed by atoms with Gasteiger partial charge in [-0.05, 0) is 25.1 Å². The quantitative estimate of drug-likeness (QED) is 0.887. The highest BCUT2D eigenvalue weighted by Crippen LogP contribution is 2.23. The normalized spacial score (nSPS) is 10.7. The molecule has 1 aromatic carbocycles. The maximum absolute atomic E-state index is 5.96. The Hall–Kier alpha value is -1.35. The SMILES string of the molecule is CCNc1nc(CC)nc2cc(Cl)ccc12. The molecule has 2 aromatic rings. The van der Waals surface area contributed by atoms with E-state index in [0.29, 0.717) is 5.02 Å². The summed E-state index contributed by atoms with van der Waals surface area (Å²) in [5.41, 5.74) is 0.898. The van der Waals surface area contributed by atoms with Gasteiger partial charge in [0.25, 0.3) is 0 Å². The van der Waals surface area contributed by atoms with Crippen LogP contribution in [-0.4, -0.2) is 16.5 Å². The number of halogens is 1.